The fourth-order valence-electron chi connectivity index (χ4n) is 4.02. The number of piperazine rings is 1. The summed E-state index contributed by atoms with van der Waals surface area (Å²) in [6, 6.07) is 15.9. The predicted molar refractivity (Wildman–Crippen MR) is 114 cm³/mol. The molecule has 0 unspecified atom stereocenters. The van der Waals surface area contributed by atoms with Crippen molar-refractivity contribution >= 4 is 16.9 Å². The molecule has 0 spiro atoms. The number of fused-ring (bicyclic) bond motifs is 1. The number of hydrogen-bond donors (Lipinski definition) is 2. The molecule has 6 heteroatoms. The summed E-state index contributed by atoms with van der Waals surface area (Å²) in [5.41, 5.74) is 3.16. The van der Waals surface area contributed by atoms with Crippen molar-refractivity contribution < 1.29 is 14.6 Å². The predicted octanol–water partition coefficient (Wildman–Crippen LogP) is 2.98. The van der Waals surface area contributed by atoms with E-state index in [0.29, 0.717) is 24.5 Å². The van der Waals surface area contributed by atoms with Gasteiger partial charge < -0.3 is 19.7 Å². The minimum Gasteiger partial charge on any atom is -0.492 e. The van der Waals surface area contributed by atoms with Gasteiger partial charge >= 0.3 is 5.97 Å². The van der Waals surface area contributed by atoms with Gasteiger partial charge in [-0.05, 0) is 30.7 Å². The highest BCUT2D eigenvalue weighted by Gasteiger charge is 2.20. The second-order valence-electron chi connectivity index (χ2n) is 7.46. The lowest BCUT2D eigenvalue weighted by Gasteiger charge is -2.26. The fraction of sp³-hybridized carbons (Fsp3) is 0.348. The van der Waals surface area contributed by atoms with Gasteiger partial charge in [-0.2, -0.15) is 0 Å². The zero-order chi connectivity index (χ0) is 20.2. The van der Waals surface area contributed by atoms with Gasteiger partial charge in [0.1, 0.15) is 12.4 Å². The Morgan fingerprint density at radius 3 is 2.62 bits per heavy atom. The highest BCUT2D eigenvalue weighted by Crippen LogP contribution is 2.30. The van der Waals surface area contributed by atoms with Gasteiger partial charge in [0.25, 0.3) is 0 Å². The van der Waals surface area contributed by atoms with E-state index in [1.54, 1.807) is 0 Å². The van der Waals surface area contributed by atoms with Crippen molar-refractivity contribution in [2.45, 2.75) is 13.5 Å². The number of rotatable bonds is 7. The molecule has 2 N–H and O–H groups in total. The molecular weight excluding hydrogens is 366 g/mol. The summed E-state index contributed by atoms with van der Waals surface area (Å²) >= 11 is 0. The molecule has 1 aliphatic heterocycles. The summed E-state index contributed by atoms with van der Waals surface area (Å²) in [5, 5.41) is 13.9. The van der Waals surface area contributed by atoms with Gasteiger partial charge in [-0.3, -0.25) is 4.90 Å². The lowest BCUT2D eigenvalue weighted by atomic mass is 10.1. The van der Waals surface area contributed by atoms with Crippen LogP contribution in [0.2, 0.25) is 0 Å². The van der Waals surface area contributed by atoms with E-state index < -0.39 is 5.97 Å². The van der Waals surface area contributed by atoms with Crippen molar-refractivity contribution in [3.8, 4) is 5.75 Å². The van der Waals surface area contributed by atoms with Crippen LogP contribution >= 0.6 is 0 Å². The third-order valence-electron chi connectivity index (χ3n) is 5.58. The first-order valence-electron chi connectivity index (χ1n) is 10.1. The number of benzene rings is 2. The number of nitrogens with one attached hydrogen (secondary N) is 1. The molecular formula is C23H27N3O3. The van der Waals surface area contributed by atoms with Gasteiger partial charge in [0.2, 0.25) is 0 Å². The summed E-state index contributed by atoms with van der Waals surface area (Å²) in [6.07, 6.45) is 0. The van der Waals surface area contributed by atoms with Crippen molar-refractivity contribution in [3.63, 3.8) is 0 Å². The maximum absolute atomic E-state index is 12.0. The Morgan fingerprint density at radius 1 is 1.14 bits per heavy atom. The normalized spacial score (nSPS) is 14.9. The van der Waals surface area contributed by atoms with Crippen LogP contribution in [0.1, 0.15) is 21.6 Å². The first kappa shape index (κ1) is 19.5. The van der Waals surface area contributed by atoms with Crippen LogP contribution in [0.4, 0.5) is 0 Å². The van der Waals surface area contributed by atoms with Gasteiger partial charge in [0.15, 0.2) is 0 Å². The maximum Gasteiger partial charge on any atom is 0.338 e. The van der Waals surface area contributed by atoms with Crippen LogP contribution in [-0.2, 0) is 6.54 Å². The average molecular weight is 393 g/mol. The second kappa shape index (κ2) is 8.68. The Morgan fingerprint density at radius 2 is 1.90 bits per heavy atom. The first-order chi connectivity index (χ1) is 14.1. The van der Waals surface area contributed by atoms with Gasteiger partial charge in [-0.1, -0.05) is 30.3 Å². The number of carboxylic acids is 1. The Bertz CT molecular complexity index is 992. The molecule has 0 atom stereocenters. The molecule has 152 valence electrons. The van der Waals surface area contributed by atoms with Gasteiger partial charge in [0.05, 0.1) is 5.56 Å². The molecule has 0 amide bonds. The first-order valence-corrected chi connectivity index (χ1v) is 10.1. The quantitative estimate of drug-likeness (QED) is 0.646. The zero-order valence-electron chi connectivity index (χ0n) is 16.7. The lowest BCUT2D eigenvalue weighted by molar-refractivity contribution is 0.0698. The van der Waals surface area contributed by atoms with Crippen LogP contribution in [0.15, 0.2) is 48.5 Å². The number of aromatic nitrogens is 1. The van der Waals surface area contributed by atoms with Crippen LogP contribution in [-0.4, -0.2) is 59.9 Å². The minimum absolute atomic E-state index is 0.350. The number of ether oxygens (including phenoxy) is 1. The van der Waals surface area contributed by atoms with Crippen LogP contribution in [0.3, 0.4) is 0 Å². The standard InChI is InChI=1S/C23H27N3O3/c1-17-22(23(27)28)20-15-19(29-14-13-25-11-9-24-10-12-25)7-8-21(20)26(17)16-18-5-3-2-4-6-18/h2-8,15,24H,9-14,16H2,1H3,(H,27,28). The van der Waals surface area contributed by atoms with Crippen molar-refractivity contribution in [1.82, 2.24) is 14.8 Å². The average Bonchev–Trinajstić information content (AvgIpc) is 3.00. The minimum atomic E-state index is -0.905. The van der Waals surface area contributed by atoms with Crippen LogP contribution in [0, 0.1) is 6.92 Å². The highest BCUT2D eigenvalue weighted by atomic mass is 16.5. The van der Waals surface area contributed by atoms with Crippen LogP contribution in [0.25, 0.3) is 10.9 Å². The van der Waals surface area contributed by atoms with Gasteiger partial charge in [-0.25, -0.2) is 4.79 Å². The Labute approximate surface area is 170 Å². The molecule has 3 aromatic rings. The summed E-state index contributed by atoms with van der Waals surface area (Å²) < 4.78 is 8.02. The van der Waals surface area contributed by atoms with E-state index in [0.717, 1.165) is 54.9 Å². The van der Waals surface area contributed by atoms with E-state index in [1.165, 1.54) is 0 Å². The van der Waals surface area contributed by atoms with Crippen molar-refractivity contribution in [2.24, 2.45) is 0 Å². The molecule has 4 rings (SSSR count). The molecule has 1 fully saturated rings. The molecule has 0 aliphatic carbocycles. The van der Waals surface area contributed by atoms with E-state index in [4.69, 9.17) is 4.74 Å². The molecule has 0 saturated carbocycles. The van der Waals surface area contributed by atoms with E-state index in [1.807, 2.05) is 43.3 Å². The smallest absolute Gasteiger partial charge is 0.338 e. The number of carbonyl (C=O) groups is 1. The SMILES string of the molecule is Cc1c(C(=O)O)c2cc(OCCN3CCNCC3)ccc2n1Cc1ccccc1. The molecule has 1 saturated heterocycles. The van der Waals surface area contributed by atoms with Gasteiger partial charge in [0, 0.05) is 55.9 Å². The van der Waals surface area contributed by atoms with E-state index in [2.05, 4.69) is 26.9 Å². The van der Waals surface area contributed by atoms with Crippen molar-refractivity contribution in [2.75, 3.05) is 39.3 Å². The van der Waals surface area contributed by atoms with E-state index in [9.17, 15) is 9.90 Å². The molecule has 1 aliphatic rings. The number of hydrogen-bond acceptors (Lipinski definition) is 4. The fourth-order valence-corrected chi connectivity index (χ4v) is 4.02. The summed E-state index contributed by atoms with van der Waals surface area (Å²) in [6.45, 7) is 8.08. The monoisotopic (exact) mass is 393 g/mol. The second-order valence-corrected chi connectivity index (χ2v) is 7.46. The van der Waals surface area contributed by atoms with Gasteiger partial charge in [-0.15, -0.1) is 0 Å². The maximum atomic E-state index is 12.0. The molecule has 29 heavy (non-hydrogen) atoms. The van der Waals surface area contributed by atoms with Crippen LogP contribution in [0.5, 0.6) is 5.75 Å². The van der Waals surface area contributed by atoms with Crippen molar-refractivity contribution in [1.29, 1.82) is 0 Å². The molecule has 2 aromatic carbocycles. The van der Waals surface area contributed by atoms with E-state index >= 15 is 0 Å². The molecule has 0 radical (unpaired) electrons. The number of aromatic carboxylic acids is 1. The largest absolute Gasteiger partial charge is 0.492 e. The summed E-state index contributed by atoms with van der Waals surface area (Å²) in [4.78, 5) is 14.3. The third kappa shape index (κ3) is 4.28. The van der Waals surface area contributed by atoms with Crippen molar-refractivity contribution in [3.05, 3.63) is 65.4 Å². The highest BCUT2D eigenvalue weighted by molar-refractivity contribution is 6.05. The summed E-state index contributed by atoms with van der Waals surface area (Å²) in [5.74, 6) is -0.190. The molecule has 0 bridgehead atoms. The molecule has 6 nitrogen and oxygen atoms in total. The third-order valence-corrected chi connectivity index (χ3v) is 5.58. The number of nitrogens with zero attached hydrogens (tertiary/aromatic N) is 2. The lowest BCUT2D eigenvalue weighted by Crippen LogP contribution is -2.44. The van der Waals surface area contributed by atoms with Crippen LogP contribution < -0.4 is 10.1 Å². The number of carboxylic acid groups (broad SMARTS) is 1. The zero-order valence-corrected chi connectivity index (χ0v) is 16.7. The molecule has 1 aromatic heterocycles. The Balaban J connectivity index is 1.58. The Kier molecular flexibility index (Phi) is 5.83. The molecule has 2 heterocycles. The summed E-state index contributed by atoms with van der Waals surface area (Å²) in [7, 11) is 0. The Hall–Kier alpha value is -2.83. The topological polar surface area (TPSA) is 66.7 Å². The van der Waals surface area contributed by atoms with E-state index in [-0.39, 0.29) is 0 Å².